The number of hydrogen-bond acceptors (Lipinski definition) is 5. The van der Waals surface area contributed by atoms with Gasteiger partial charge >= 0.3 is 0 Å². The van der Waals surface area contributed by atoms with Crippen LogP contribution in [0.3, 0.4) is 0 Å². The van der Waals surface area contributed by atoms with Crippen LogP contribution in [0, 0.1) is 0 Å². The van der Waals surface area contributed by atoms with E-state index in [0.29, 0.717) is 0 Å². The van der Waals surface area contributed by atoms with Crippen LogP contribution < -0.4 is 0 Å². The first-order chi connectivity index (χ1) is 6.70. The van der Waals surface area contributed by atoms with Gasteiger partial charge in [0.2, 0.25) is 0 Å². The first-order valence-corrected chi connectivity index (χ1v) is 7.12. The Kier molecular flexibility index (Phi) is 2.99. The summed E-state index contributed by atoms with van der Waals surface area (Å²) in [7, 11) is 0. The Morgan fingerprint density at radius 3 is 3.07 bits per heavy atom. The minimum atomic E-state index is 0.130. The van der Waals surface area contributed by atoms with Crippen LogP contribution in [0.15, 0.2) is 15.3 Å². The molecular weight excluding hydrogens is 234 g/mol. The Bertz CT molecular complexity index is 408. The number of aliphatic imine (C=N–C) groups is 1. The molecule has 1 aromatic heterocycles. The number of ketones is 1. The number of rotatable bonds is 1. The lowest BCUT2D eigenvalue weighted by Gasteiger charge is -2.08. The van der Waals surface area contributed by atoms with E-state index in [4.69, 9.17) is 0 Å². The number of thioether (sulfide) groups is 2. The van der Waals surface area contributed by atoms with E-state index in [0.717, 1.165) is 21.4 Å². The molecular formula is C9H9NOS3. The molecule has 14 heavy (non-hydrogen) atoms. The van der Waals surface area contributed by atoms with Gasteiger partial charge in [0.25, 0.3) is 0 Å². The van der Waals surface area contributed by atoms with E-state index in [1.165, 1.54) is 4.21 Å². The molecule has 74 valence electrons. The molecule has 0 radical (unpaired) electrons. The van der Waals surface area contributed by atoms with Crippen molar-refractivity contribution < 1.29 is 4.79 Å². The number of hydrogen-bond donors (Lipinski definition) is 0. The second-order valence-electron chi connectivity index (χ2n) is 2.84. The monoisotopic (exact) mass is 243 g/mol. The highest BCUT2D eigenvalue weighted by Gasteiger charge is 2.17. The fourth-order valence-corrected chi connectivity index (χ4v) is 3.93. The molecule has 2 rings (SSSR count). The number of carbonyl (C=O) groups excluding carboxylic acids is 1. The van der Waals surface area contributed by atoms with Crippen LogP contribution in [0.2, 0.25) is 0 Å². The number of fused-ring (bicyclic) bond motifs is 1. The summed E-state index contributed by atoms with van der Waals surface area (Å²) in [5.74, 6) is 1.07. The second kappa shape index (κ2) is 4.08. The van der Waals surface area contributed by atoms with Crippen molar-refractivity contribution in [3.63, 3.8) is 0 Å². The van der Waals surface area contributed by atoms with Crippen molar-refractivity contribution in [2.75, 3.05) is 12.0 Å². The molecule has 2 heterocycles. The molecule has 0 saturated heterocycles. The summed E-state index contributed by atoms with van der Waals surface area (Å²) in [4.78, 5) is 16.5. The maximum absolute atomic E-state index is 11.2. The predicted molar refractivity (Wildman–Crippen MR) is 65.7 cm³/mol. The van der Waals surface area contributed by atoms with Gasteiger partial charge in [0.1, 0.15) is 0 Å². The van der Waals surface area contributed by atoms with Crippen LogP contribution in [0.1, 0.15) is 16.6 Å². The van der Waals surface area contributed by atoms with E-state index in [2.05, 4.69) is 4.99 Å². The van der Waals surface area contributed by atoms with Gasteiger partial charge in [-0.2, -0.15) is 0 Å². The molecule has 0 bridgehead atoms. The van der Waals surface area contributed by atoms with E-state index >= 15 is 0 Å². The van der Waals surface area contributed by atoms with Gasteiger partial charge < -0.3 is 0 Å². The predicted octanol–water partition coefficient (Wildman–Crippen LogP) is 3.45. The first-order valence-electron chi connectivity index (χ1n) is 4.10. The average Bonchev–Trinajstić information content (AvgIpc) is 2.59. The minimum Gasteiger partial charge on any atom is -0.294 e. The fraction of sp³-hybridized carbons (Fsp3) is 0.333. The zero-order chi connectivity index (χ0) is 10.1. The van der Waals surface area contributed by atoms with Gasteiger partial charge in [-0.3, -0.25) is 4.79 Å². The van der Waals surface area contributed by atoms with Gasteiger partial charge in [-0.05, 0) is 19.2 Å². The van der Waals surface area contributed by atoms with Gasteiger partial charge in [0, 0.05) is 5.75 Å². The van der Waals surface area contributed by atoms with E-state index in [-0.39, 0.29) is 5.78 Å². The van der Waals surface area contributed by atoms with Gasteiger partial charge in [-0.15, -0.1) is 34.9 Å². The molecule has 1 aliphatic rings. The molecule has 0 aromatic carbocycles. The number of nitrogens with zero attached hydrogens (tertiary/aromatic N) is 1. The smallest absolute Gasteiger partial charge is 0.169 e. The largest absolute Gasteiger partial charge is 0.294 e. The molecule has 0 unspecified atom stereocenters. The van der Waals surface area contributed by atoms with Crippen LogP contribution >= 0.6 is 34.9 Å². The lowest BCUT2D eigenvalue weighted by molar-refractivity contribution is 0.102. The zero-order valence-electron chi connectivity index (χ0n) is 7.86. The molecule has 1 aromatic rings. The molecule has 0 aliphatic carbocycles. The van der Waals surface area contributed by atoms with Crippen LogP contribution in [-0.2, 0) is 0 Å². The SMILES string of the molecule is CSC1=Nc2cc(C(C)=O)sc2SC1. The van der Waals surface area contributed by atoms with Crippen molar-refractivity contribution in [3.05, 3.63) is 10.9 Å². The van der Waals surface area contributed by atoms with Crippen molar-refractivity contribution in [1.82, 2.24) is 0 Å². The quantitative estimate of drug-likeness (QED) is 0.707. The van der Waals surface area contributed by atoms with Gasteiger partial charge in [0.15, 0.2) is 5.78 Å². The number of carbonyl (C=O) groups is 1. The van der Waals surface area contributed by atoms with Gasteiger partial charge in [0.05, 0.1) is 19.8 Å². The van der Waals surface area contributed by atoms with Crippen LogP contribution in [-0.4, -0.2) is 22.8 Å². The maximum atomic E-state index is 11.2. The summed E-state index contributed by atoms with van der Waals surface area (Å²) in [5.41, 5.74) is 0.973. The fourth-order valence-electron chi connectivity index (χ4n) is 1.12. The van der Waals surface area contributed by atoms with Crippen LogP contribution in [0.25, 0.3) is 0 Å². The molecule has 5 heteroatoms. The molecule has 2 nitrogen and oxygen atoms in total. The topological polar surface area (TPSA) is 29.4 Å². The molecule has 0 fully saturated rings. The zero-order valence-corrected chi connectivity index (χ0v) is 10.3. The summed E-state index contributed by atoms with van der Waals surface area (Å²) in [6.45, 7) is 1.60. The lowest BCUT2D eigenvalue weighted by Crippen LogP contribution is -1.97. The molecule has 0 spiro atoms. The molecule has 0 N–H and O–H groups in total. The third-order valence-corrected chi connectivity index (χ3v) is 5.24. The van der Waals surface area contributed by atoms with Crippen LogP contribution in [0.4, 0.5) is 5.69 Å². The van der Waals surface area contributed by atoms with E-state index < -0.39 is 0 Å². The molecule has 0 amide bonds. The first kappa shape index (κ1) is 10.3. The summed E-state index contributed by atoms with van der Waals surface area (Å²) in [6, 6.07) is 1.89. The van der Waals surface area contributed by atoms with E-state index in [9.17, 15) is 4.79 Å². The number of Topliss-reactive ketones (excluding diaryl/α,β-unsaturated/α-hetero) is 1. The summed E-state index contributed by atoms with van der Waals surface area (Å²) < 4.78 is 1.17. The van der Waals surface area contributed by atoms with E-state index in [1.54, 1.807) is 41.8 Å². The molecule has 0 saturated carbocycles. The third kappa shape index (κ3) is 1.89. The summed E-state index contributed by atoms with van der Waals surface area (Å²) >= 11 is 5.00. The lowest BCUT2D eigenvalue weighted by atomic mass is 10.3. The summed E-state index contributed by atoms with van der Waals surface area (Å²) in [6.07, 6.45) is 2.03. The van der Waals surface area contributed by atoms with Crippen molar-refractivity contribution in [2.45, 2.75) is 11.1 Å². The van der Waals surface area contributed by atoms with Crippen LogP contribution in [0.5, 0.6) is 0 Å². The Labute approximate surface area is 95.2 Å². The number of thiophene rings is 1. The summed E-state index contributed by atoms with van der Waals surface area (Å²) in [5, 5.41) is 1.13. The Morgan fingerprint density at radius 1 is 1.64 bits per heavy atom. The van der Waals surface area contributed by atoms with Gasteiger partial charge in [-0.25, -0.2) is 4.99 Å². The highest BCUT2D eigenvalue weighted by Crippen LogP contribution is 2.42. The highest BCUT2D eigenvalue weighted by molar-refractivity contribution is 8.16. The maximum Gasteiger partial charge on any atom is 0.169 e. The molecule has 0 atom stereocenters. The highest BCUT2D eigenvalue weighted by atomic mass is 32.2. The van der Waals surface area contributed by atoms with Crippen molar-refractivity contribution in [2.24, 2.45) is 4.99 Å². The molecule has 1 aliphatic heterocycles. The van der Waals surface area contributed by atoms with Crippen molar-refractivity contribution in [3.8, 4) is 0 Å². The van der Waals surface area contributed by atoms with Crippen molar-refractivity contribution in [1.29, 1.82) is 0 Å². The van der Waals surface area contributed by atoms with Gasteiger partial charge in [-0.1, -0.05) is 0 Å². The third-order valence-electron chi connectivity index (χ3n) is 1.83. The Hall–Kier alpha value is -0.260. The second-order valence-corrected chi connectivity index (χ2v) is 6.01. The Balaban J connectivity index is 2.39. The standard InChI is InChI=1S/C9H9NOS3/c1-5(11)7-3-6-9(14-7)13-4-8(10-6)12-2/h3H,4H2,1-2H3. The minimum absolute atomic E-state index is 0.130. The normalized spacial score (nSPS) is 14.9. The van der Waals surface area contributed by atoms with Crippen molar-refractivity contribution >= 4 is 51.4 Å². The Morgan fingerprint density at radius 2 is 2.43 bits per heavy atom. The van der Waals surface area contributed by atoms with E-state index in [1.807, 2.05) is 12.3 Å². The average molecular weight is 243 g/mol.